The number of hydrogen-bond acceptors (Lipinski definition) is 4. The van der Waals surface area contributed by atoms with E-state index in [0.29, 0.717) is 6.29 Å². The van der Waals surface area contributed by atoms with E-state index in [0.717, 1.165) is 0 Å². The minimum absolute atomic E-state index is 0.132. The summed E-state index contributed by atoms with van der Waals surface area (Å²) in [6.45, 7) is -0.491. The first-order valence-corrected chi connectivity index (χ1v) is 3.48. The molecule has 54 valence electrons. The maximum absolute atomic E-state index is 10.0. The molecule has 2 atom stereocenters. The van der Waals surface area contributed by atoms with Gasteiger partial charge in [-0.05, 0) is 11.1 Å². The van der Waals surface area contributed by atoms with Crippen LogP contribution in [0.25, 0.3) is 0 Å². The summed E-state index contributed by atoms with van der Waals surface area (Å²) in [5, 5.41) is 7.35. The lowest BCUT2D eigenvalue weighted by atomic mass is 10.3. The van der Waals surface area contributed by atoms with Gasteiger partial charge in [-0.1, -0.05) is 0 Å². The van der Waals surface area contributed by atoms with Gasteiger partial charge in [0, 0.05) is 6.42 Å². The zero-order valence-electron chi connectivity index (χ0n) is 4.65. The van der Waals surface area contributed by atoms with E-state index >= 15 is 0 Å². The van der Waals surface area contributed by atoms with Crippen molar-refractivity contribution in [2.24, 2.45) is 0 Å². The molecule has 0 saturated heterocycles. The van der Waals surface area contributed by atoms with Crippen molar-refractivity contribution in [1.82, 2.24) is 0 Å². The molecule has 0 aliphatic heterocycles. The van der Waals surface area contributed by atoms with Crippen LogP contribution in [0.15, 0.2) is 0 Å². The topological polar surface area (TPSA) is 77.4 Å². The predicted molar refractivity (Wildman–Crippen MR) is 30.5 cm³/mol. The fourth-order valence-electron chi connectivity index (χ4n) is 0.321. The van der Waals surface area contributed by atoms with Crippen LogP contribution in [0.3, 0.4) is 0 Å². The van der Waals surface area contributed by atoms with Gasteiger partial charge in [0.1, 0.15) is 6.29 Å². The molecule has 0 aromatic heterocycles. The van der Waals surface area contributed by atoms with E-state index in [1.807, 2.05) is 0 Å². The van der Waals surface area contributed by atoms with Gasteiger partial charge in [-0.15, -0.1) is 0 Å². The molecule has 0 aliphatic carbocycles. The Hall–Kier alpha value is -0.260. The predicted octanol–water partition coefficient (Wildman–Crippen LogP) is -1.18. The van der Waals surface area contributed by atoms with Crippen molar-refractivity contribution in [3.8, 4) is 0 Å². The zero-order chi connectivity index (χ0) is 7.28. The number of rotatable bonds is 4. The first kappa shape index (κ1) is 8.74. The van der Waals surface area contributed by atoms with E-state index in [1.54, 1.807) is 0 Å². The van der Waals surface area contributed by atoms with Gasteiger partial charge < -0.3 is 14.5 Å². The van der Waals surface area contributed by atoms with Crippen molar-refractivity contribution in [3.63, 3.8) is 0 Å². The molecule has 0 fully saturated rings. The van der Waals surface area contributed by atoms with Gasteiger partial charge in [0.2, 0.25) is 0 Å². The van der Waals surface area contributed by atoms with Crippen molar-refractivity contribution in [2.75, 3.05) is 6.61 Å². The van der Waals surface area contributed by atoms with Crippen LogP contribution in [0.4, 0.5) is 0 Å². The number of aldehydes is 1. The SMILES string of the molecule is O=CCC(CO)S(=O)[O-]. The lowest BCUT2D eigenvalue weighted by molar-refractivity contribution is -0.108. The molecular formula is C4H7O4S-. The Kier molecular flexibility index (Phi) is 4.47. The highest BCUT2D eigenvalue weighted by Gasteiger charge is 2.04. The highest BCUT2D eigenvalue weighted by Crippen LogP contribution is 1.94. The second-order valence-electron chi connectivity index (χ2n) is 1.47. The standard InChI is InChI=1S/C4H8O4S/c5-2-1-4(3-6)9(7)8/h2,4,6H,1,3H2,(H,7,8)/p-1. The van der Waals surface area contributed by atoms with Gasteiger partial charge in [0.05, 0.1) is 11.9 Å². The monoisotopic (exact) mass is 151 g/mol. The molecule has 2 unspecified atom stereocenters. The van der Waals surface area contributed by atoms with Gasteiger partial charge in [0.15, 0.2) is 0 Å². The first-order chi connectivity index (χ1) is 4.22. The molecule has 0 aromatic carbocycles. The molecule has 0 aromatic rings. The maximum Gasteiger partial charge on any atom is 0.121 e. The fraction of sp³-hybridized carbons (Fsp3) is 0.750. The Morgan fingerprint density at radius 2 is 2.33 bits per heavy atom. The van der Waals surface area contributed by atoms with Crippen molar-refractivity contribution in [3.05, 3.63) is 0 Å². The third kappa shape index (κ3) is 3.34. The lowest BCUT2D eigenvalue weighted by Gasteiger charge is -2.12. The summed E-state index contributed by atoms with van der Waals surface area (Å²) in [7, 11) is 0. The van der Waals surface area contributed by atoms with E-state index < -0.39 is 22.9 Å². The molecule has 0 radical (unpaired) electrons. The van der Waals surface area contributed by atoms with Crippen LogP contribution >= 0.6 is 0 Å². The van der Waals surface area contributed by atoms with E-state index in [-0.39, 0.29) is 6.42 Å². The summed E-state index contributed by atoms with van der Waals surface area (Å²) >= 11 is -2.33. The van der Waals surface area contributed by atoms with Gasteiger partial charge >= 0.3 is 0 Å². The Balaban J connectivity index is 3.67. The van der Waals surface area contributed by atoms with E-state index in [4.69, 9.17) is 5.11 Å². The molecule has 0 spiro atoms. The average molecular weight is 151 g/mol. The number of carbonyl (C=O) groups is 1. The molecule has 9 heavy (non-hydrogen) atoms. The van der Waals surface area contributed by atoms with Gasteiger partial charge in [-0.2, -0.15) is 0 Å². The van der Waals surface area contributed by atoms with Gasteiger partial charge in [-0.25, -0.2) is 0 Å². The molecule has 0 aliphatic rings. The molecule has 1 N–H and O–H groups in total. The number of hydrogen-bond donors (Lipinski definition) is 1. The number of aliphatic hydroxyl groups is 1. The normalized spacial score (nSPS) is 16.7. The highest BCUT2D eigenvalue weighted by atomic mass is 32.2. The Bertz CT molecular complexity index is 113. The van der Waals surface area contributed by atoms with Gasteiger partial charge in [-0.3, -0.25) is 4.21 Å². The van der Waals surface area contributed by atoms with E-state index in [9.17, 15) is 13.6 Å². The summed E-state index contributed by atoms with van der Waals surface area (Å²) in [6.07, 6.45) is 0.337. The van der Waals surface area contributed by atoms with Crippen LogP contribution in [0.5, 0.6) is 0 Å². The molecule has 0 rings (SSSR count). The van der Waals surface area contributed by atoms with E-state index in [1.165, 1.54) is 0 Å². The maximum atomic E-state index is 10.0. The lowest BCUT2D eigenvalue weighted by Crippen LogP contribution is -2.19. The van der Waals surface area contributed by atoms with Crippen LogP contribution in [0.1, 0.15) is 6.42 Å². The largest absolute Gasteiger partial charge is 0.772 e. The fourth-order valence-corrected chi connectivity index (χ4v) is 0.679. The quantitative estimate of drug-likeness (QED) is 0.405. The third-order valence-electron chi connectivity index (χ3n) is 0.835. The Morgan fingerprint density at radius 1 is 1.78 bits per heavy atom. The average Bonchev–Trinajstić information content (AvgIpc) is 1.82. The highest BCUT2D eigenvalue weighted by molar-refractivity contribution is 7.79. The molecule has 0 amide bonds. The van der Waals surface area contributed by atoms with Crippen LogP contribution in [0.2, 0.25) is 0 Å². The van der Waals surface area contributed by atoms with Crippen LogP contribution < -0.4 is 0 Å². The van der Waals surface area contributed by atoms with E-state index in [2.05, 4.69) is 0 Å². The summed E-state index contributed by atoms with van der Waals surface area (Å²) in [6, 6.07) is 0. The second kappa shape index (κ2) is 4.60. The van der Waals surface area contributed by atoms with Crippen LogP contribution in [0, 0.1) is 0 Å². The molecule has 0 bridgehead atoms. The summed E-state index contributed by atoms with van der Waals surface area (Å²) in [4.78, 5) is 9.69. The molecule has 0 heterocycles. The van der Waals surface area contributed by atoms with Crippen molar-refractivity contribution in [2.45, 2.75) is 11.7 Å². The minimum Gasteiger partial charge on any atom is -0.772 e. The van der Waals surface area contributed by atoms with Crippen molar-refractivity contribution >= 4 is 17.4 Å². The smallest absolute Gasteiger partial charge is 0.121 e. The molecule has 0 saturated carbocycles. The summed E-state index contributed by atoms with van der Waals surface area (Å²) in [5.41, 5.74) is 0. The Morgan fingerprint density at radius 3 is 2.44 bits per heavy atom. The molecule has 5 heteroatoms. The summed E-state index contributed by atoms with van der Waals surface area (Å²) in [5.74, 6) is 0. The van der Waals surface area contributed by atoms with Crippen molar-refractivity contribution in [1.29, 1.82) is 0 Å². The zero-order valence-corrected chi connectivity index (χ0v) is 5.47. The van der Waals surface area contributed by atoms with Crippen LogP contribution in [-0.2, 0) is 15.9 Å². The van der Waals surface area contributed by atoms with Gasteiger partial charge in [0.25, 0.3) is 0 Å². The van der Waals surface area contributed by atoms with Crippen molar-refractivity contribution < 1.29 is 18.7 Å². The second-order valence-corrected chi connectivity index (χ2v) is 2.66. The number of carbonyl (C=O) groups excluding carboxylic acids is 1. The minimum atomic E-state index is -2.33. The number of aliphatic hydroxyl groups excluding tert-OH is 1. The Labute approximate surface area is 55.2 Å². The molecular weight excluding hydrogens is 144 g/mol. The van der Waals surface area contributed by atoms with Crippen LogP contribution in [-0.4, -0.2) is 32.0 Å². The molecule has 4 nitrogen and oxygen atoms in total. The summed E-state index contributed by atoms with van der Waals surface area (Å²) < 4.78 is 20.0. The third-order valence-corrected chi connectivity index (χ3v) is 1.72. The first-order valence-electron chi connectivity index (χ1n) is 2.35.